The molecule has 1 amide bonds. The summed E-state index contributed by atoms with van der Waals surface area (Å²) in [6.45, 7) is 2.84. The molecule has 88 valence electrons. The third kappa shape index (κ3) is 4.21. The normalized spacial score (nSPS) is 9.62. The molecular formula is C12H17NO3. The van der Waals surface area contributed by atoms with E-state index in [1.807, 2.05) is 12.1 Å². The minimum absolute atomic E-state index is 0.473. The topological polar surface area (TPSA) is 47.6 Å². The molecule has 0 aliphatic heterocycles. The van der Waals surface area contributed by atoms with Gasteiger partial charge in [-0.3, -0.25) is 5.32 Å². The van der Waals surface area contributed by atoms with Gasteiger partial charge < -0.3 is 9.47 Å². The molecule has 0 saturated heterocycles. The Morgan fingerprint density at radius 3 is 2.56 bits per heavy atom. The molecular weight excluding hydrogens is 206 g/mol. The maximum atomic E-state index is 10.9. The highest BCUT2D eigenvalue weighted by atomic mass is 16.5. The first-order valence-corrected chi connectivity index (χ1v) is 5.34. The van der Waals surface area contributed by atoms with Gasteiger partial charge in [-0.25, -0.2) is 4.79 Å². The molecule has 16 heavy (non-hydrogen) atoms. The zero-order chi connectivity index (χ0) is 11.8. The molecule has 0 bridgehead atoms. The van der Waals surface area contributed by atoms with E-state index in [4.69, 9.17) is 4.74 Å². The lowest BCUT2D eigenvalue weighted by atomic mass is 10.3. The number of rotatable bonds is 5. The van der Waals surface area contributed by atoms with Crippen molar-refractivity contribution in [3.63, 3.8) is 0 Å². The summed E-state index contributed by atoms with van der Waals surface area (Å²) >= 11 is 0. The van der Waals surface area contributed by atoms with Crippen LogP contribution in [0.1, 0.15) is 19.8 Å². The molecule has 4 nitrogen and oxygen atoms in total. The van der Waals surface area contributed by atoms with Gasteiger partial charge in [-0.15, -0.1) is 0 Å². The Labute approximate surface area is 95.6 Å². The summed E-state index contributed by atoms with van der Waals surface area (Å²) in [5.41, 5.74) is 0.690. The highest BCUT2D eigenvalue weighted by molar-refractivity contribution is 5.84. The average Bonchev–Trinajstić information content (AvgIpc) is 2.31. The van der Waals surface area contributed by atoms with Crippen LogP contribution in [0.25, 0.3) is 0 Å². The van der Waals surface area contributed by atoms with E-state index < -0.39 is 6.09 Å². The summed E-state index contributed by atoms with van der Waals surface area (Å²) in [4.78, 5) is 10.9. The van der Waals surface area contributed by atoms with Crippen molar-refractivity contribution in [3.8, 4) is 5.75 Å². The quantitative estimate of drug-likeness (QED) is 0.780. The van der Waals surface area contributed by atoms with Gasteiger partial charge in [0, 0.05) is 5.69 Å². The Kier molecular flexibility index (Phi) is 5.19. The van der Waals surface area contributed by atoms with Crippen molar-refractivity contribution in [2.24, 2.45) is 0 Å². The van der Waals surface area contributed by atoms with E-state index in [-0.39, 0.29) is 0 Å². The summed E-state index contributed by atoms with van der Waals surface area (Å²) < 4.78 is 9.97. The minimum atomic E-state index is -0.473. The first-order chi connectivity index (χ1) is 7.76. The standard InChI is InChI=1S/C12H17NO3/c1-3-4-9-16-11-7-5-10(6-8-11)13-12(14)15-2/h5-8H,3-4,9H2,1-2H3,(H,13,14). The second-order valence-corrected chi connectivity index (χ2v) is 3.34. The van der Waals surface area contributed by atoms with Crippen molar-refractivity contribution in [1.82, 2.24) is 0 Å². The lowest BCUT2D eigenvalue weighted by Gasteiger charge is -2.07. The maximum absolute atomic E-state index is 10.9. The molecule has 0 saturated carbocycles. The van der Waals surface area contributed by atoms with E-state index in [0.717, 1.165) is 25.2 Å². The van der Waals surface area contributed by atoms with Gasteiger partial charge in [-0.1, -0.05) is 13.3 Å². The second-order valence-electron chi connectivity index (χ2n) is 3.34. The van der Waals surface area contributed by atoms with Crippen molar-refractivity contribution in [1.29, 1.82) is 0 Å². The molecule has 0 aromatic heterocycles. The number of carbonyl (C=O) groups is 1. The number of benzene rings is 1. The van der Waals surface area contributed by atoms with E-state index in [1.165, 1.54) is 7.11 Å². The van der Waals surface area contributed by atoms with Crippen LogP contribution in [0.5, 0.6) is 5.75 Å². The molecule has 0 aliphatic carbocycles. The van der Waals surface area contributed by atoms with Crippen LogP contribution in [0.3, 0.4) is 0 Å². The molecule has 1 rings (SSSR count). The Morgan fingerprint density at radius 1 is 1.31 bits per heavy atom. The number of ether oxygens (including phenoxy) is 2. The highest BCUT2D eigenvalue weighted by Crippen LogP contribution is 2.16. The summed E-state index contributed by atoms with van der Waals surface area (Å²) in [6, 6.07) is 7.19. The van der Waals surface area contributed by atoms with Gasteiger partial charge in [-0.05, 0) is 30.7 Å². The molecule has 0 fully saturated rings. The monoisotopic (exact) mass is 223 g/mol. The molecule has 0 spiro atoms. The van der Waals surface area contributed by atoms with Crippen LogP contribution in [0.2, 0.25) is 0 Å². The third-order valence-electron chi connectivity index (χ3n) is 2.05. The molecule has 0 radical (unpaired) electrons. The van der Waals surface area contributed by atoms with Crippen LogP contribution in [0.15, 0.2) is 24.3 Å². The molecule has 0 unspecified atom stereocenters. The molecule has 1 aromatic carbocycles. The number of hydrogen-bond acceptors (Lipinski definition) is 3. The smallest absolute Gasteiger partial charge is 0.411 e. The zero-order valence-corrected chi connectivity index (χ0v) is 9.66. The molecule has 4 heteroatoms. The van der Waals surface area contributed by atoms with Crippen LogP contribution in [0.4, 0.5) is 10.5 Å². The van der Waals surface area contributed by atoms with Crippen molar-refractivity contribution in [2.75, 3.05) is 19.0 Å². The fourth-order valence-electron chi connectivity index (χ4n) is 1.14. The van der Waals surface area contributed by atoms with Gasteiger partial charge in [0.25, 0.3) is 0 Å². The molecule has 1 aromatic rings. The third-order valence-corrected chi connectivity index (χ3v) is 2.05. The lowest BCUT2D eigenvalue weighted by Crippen LogP contribution is -2.10. The van der Waals surface area contributed by atoms with E-state index in [9.17, 15) is 4.79 Å². The van der Waals surface area contributed by atoms with E-state index in [0.29, 0.717) is 5.69 Å². The summed E-state index contributed by atoms with van der Waals surface area (Å²) in [5, 5.41) is 2.57. The highest BCUT2D eigenvalue weighted by Gasteiger charge is 2.00. The van der Waals surface area contributed by atoms with E-state index in [2.05, 4.69) is 17.0 Å². The zero-order valence-electron chi connectivity index (χ0n) is 9.66. The van der Waals surface area contributed by atoms with Gasteiger partial charge >= 0.3 is 6.09 Å². The number of methoxy groups -OCH3 is 1. The SMILES string of the molecule is CCCCOc1ccc(NC(=O)OC)cc1. The lowest BCUT2D eigenvalue weighted by molar-refractivity contribution is 0.187. The van der Waals surface area contributed by atoms with Crippen LogP contribution in [-0.4, -0.2) is 19.8 Å². The Morgan fingerprint density at radius 2 is 2.00 bits per heavy atom. The van der Waals surface area contributed by atoms with Gasteiger partial charge in [0.1, 0.15) is 5.75 Å². The summed E-state index contributed by atoms with van der Waals surface area (Å²) in [7, 11) is 1.33. The van der Waals surface area contributed by atoms with Gasteiger partial charge in [-0.2, -0.15) is 0 Å². The number of hydrogen-bond donors (Lipinski definition) is 1. The van der Waals surface area contributed by atoms with Crippen LogP contribution in [-0.2, 0) is 4.74 Å². The van der Waals surface area contributed by atoms with E-state index in [1.54, 1.807) is 12.1 Å². The van der Waals surface area contributed by atoms with Crippen molar-refractivity contribution in [2.45, 2.75) is 19.8 Å². The Bertz CT molecular complexity index is 322. The predicted octanol–water partition coefficient (Wildman–Crippen LogP) is 3.04. The predicted molar refractivity (Wildman–Crippen MR) is 62.9 cm³/mol. The first kappa shape index (κ1) is 12.4. The Hall–Kier alpha value is -1.71. The number of nitrogens with one attached hydrogen (secondary N) is 1. The molecule has 0 aliphatic rings. The van der Waals surface area contributed by atoms with Crippen molar-refractivity contribution < 1.29 is 14.3 Å². The van der Waals surface area contributed by atoms with E-state index >= 15 is 0 Å². The fraction of sp³-hybridized carbons (Fsp3) is 0.417. The van der Waals surface area contributed by atoms with Gasteiger partial charge in [0.2, 0.25) is 0 Å². The second kappa shape index (κ2) is 6.71. The summed E-state index contributed by atoms with van der Waals surface area (Å²) in [6.07, 6.45) is 1.68. The molecule has 1 N–H and O–H groups in total. The summed E-state index contributed by atoms with van der Waals surface area (Å²) in [5.74, 6) is 0.809. The number of unbranched alkanes of at least 4 members (excludes halogenated alkanes) is 1. The first-order valence-electron chi connectivity index (χ1n) is 5.34. The van der Waals surface area contributed by atoms with Crippen LogP contribution >= 0.6 is 0 Å². The average molecular weight is 223 g/mol. The largest absolute Gasteiger partial charge is 0.494 e. The Balaban J connectivity index is 2.44. The van der Waals surface area contributed by atoms with Crippen molar-refractivity contribution >= 4 is 11.8 Å². The van der Waals surface area contributed by atoms with Crippen LogP contribution in [0, 0.1) is 0 Å². The van der Waals surface area contributed by atoms with Crippen molar-refractivity contribution in [3.05, 3.63) is 24.3 Å². The maximum Gasteiger partial charge on any atom is 0.411 e. The molecule has 0 heterocycles. The fourth-order valence-corrected chi connectivity index (χ4v) is 1.14. The van der Waals surface area contributed by atoms with Gasteiger partial charge in [0.15, 0.2) is 0 Å². The minimum Gasteiger partial charge on any atom is -0.494 e. The van der Waals surface area contributed by atoms with Gasteiger partial charge in [0.05, 0.1) is 13.7 Å². The van der Waals surface area contributed by atoms with Crippen LogP contribution < -0.4 is 10.1 Å². The number of amides is 1. The number of anilines is 1. The number of carbonyl (C=O) groups excluding carboxylic acids is 1. The molecule has 0 atom stereocenters.